The first-order valence-corrected chi connectivity index (χ1v) is 6.60. The Hall–Kier alpha value is -0.570. The molecule has 2 rings (SSSR count). The Morgan fingerprint density at radius 1 is 1.53 bits per heavy atom. The fraction of sp³-hybridized carbons (Fsp3) is 0.571. The van der Waals surface area contributed by atoms with Crippen LogP contribution in [0.25, 0.3) is 0 Å². The Morgan fingerprint density at radius 2 is 2.35 bits per heavy atom. The SMILES string of the molecule is CC1(CO)CCCC1NCc1cccc(Cl)c1. The van der Waals surface area contributed by atoms with E-state index in [0.717, 1.165) is 24.4 Å². The fourth-order valence-electron chi connectivity index (χ4n) is 2.66. The summed E-state index contributed by atoms with van der Waals surface area (Å²) in [5.74, 6) is 0. The summed E-state index contributed by atoms with van der Waals surface area (Å²) in [6, 6.07) is 8.33. The van der Waals surface area contributed by atoms with Crippen molar-refractivity contribution >= 4 is 11.6 Å². The van der Waals surface area contributed by atoms with Gasteiger partial charge in [0, 0.05) is 29.6 Å². The standard InChI is InChI=1S/C14H20ClNO/c1-14(10-17)7-3-6-13(14)16-9-11-4-2-5-12(15)8-11/h2,4-5,8,13,16-17H,3,6-7,9-10H2,1H3. The molecule has 2 unspecified atom stereocenters. The third-order valence-corrected chi connectivity index (χ3v) is 4.12. The van der Waals surface area contributed by atoms with E-state index in [9.17, 15) is 5.11 Å². The van der Waals surface area contributed by atoms with Gasteiger partial charge in [-0.25, -0.2) is 0 Å². The molecule has 0 heterocycles. The van der Waals surface area contributed by atoms with Crippen LogP contribution in [0.4, 0.5) is 0 Å². The summed E-state index contributed by atoms with van der Waals surface area (Å²) in [7, 11) is 0. The molecule has 1 aromatic carbocycles. The third-order valence-electron chi connectivity index (χ3n) is 3.88. The molecule has 1 saturated carbocycles. The molecule has 0 amide bonds. The molecule has 2 N–H and O–H groups in total. The summed E-state index contributed by atoms with van der Waals surface area (Å²) in [4.78, 5) is 0. The lowest BCUT2D eigenvalue weighted by atomic mass is 9.86. The van der Waals surface area contributed by atoms with Crippen LogP contribution in [0.3, 0.4) is 0 Å². The highest BCUT2D eigenvalue weighted by molar-refractivity contribution is 6.30. The zero-order chi connectivity index (χ0) is 12.3. The molecule has 1 aromatic rings. The normalized spacial score (nSPS) is 28.5. The summed E-state index contributed by atoms with van der Waals surface area (Å²) >= 11 is 5.96. The third kappa shape index (κ3) is 3.01. The highest BCUT2D eigenvalue weighted by Crippen LogP contribution is 2.37. The van der Waals surface area contributed by atoms with Crippen LogP contribution in [0.5, 0.6) is 0 Å². The lowest BCUT2D eigenvalue weighted by molar-refractivity contribution is 0.118. The summed E-state index contributed by atoms with van der Waals surface area (Å²) in [5, 5.41) is 13.8. The van der Waals surface area contributed by atoms with Gasteiger partial charge in [0.25, 0.3) is 0 Å². The molecule has 1 fully saturated rings. The maximum Gasteiger partial charge on any atom is 0.0499 e. The average molecular weight is 254 g/mol. The fourth-order valence-corrected chi connectivity index (χ4v) is 2.87. The zero-order valence-electron chi connectivity index (χ0n) is 10.2. The summed E-state index contributed by atoms with van der Waals surface area (Å²) in [6.07, 6.45) is 3.46. The first kappa shape index (κ1) is 12.9. The van der Waals surface area contributed by atoms with Crippen LogP contribution in [-0.4, -0.2) is 17.8 Å². The molecular formula is C14H20ClNO. The molecule has 0 radical (unpaired) electrons. The minimum absolute atomic E-state index is 0.0403. The molecule has 0 saturated heterocycles. The number of aliphatic hydroxyl groups excluding tert-OH is 1. The summed E-state index contributed by atoms with van der Waals surface area (Å²) in [6.45, 7) is 3.25. The van der Waals surface area contributed by atoms with Crippen LogP contribution in [-0.2, 0) is 6.54 Å². The van der Waals surface area contributed by atoms with E-state index in [1.54, 1.807) is 0 Å². The van der Waals surface area contributed by atoms with E-state index in [2.05, 4.69) is 18.3 Å². The second kappa shape index (κ2) is 5.38. The average Bonchev–Trinajstić information content (AvgIpc) is 2.69. The maximum absolute atomic E-state index is 9.48. The minimum atomic E-state index is 0.0403. The Balaban J connectivity index is 1.94. The van der Waals surface area contributed by atoms with Crippen molar-refractivity contribution in [1.82, 2.24) is 5.32 Å². The smallest absolute Gasteiger partial charge is 0.0499 e. The van der Waals surface area contributed by atoms with E-state index in [0.29, 0.717) is 6.04 Å². The number of benzene rings is 1. The Labute approximate surface area is 108 Å². The molecule has 94 valence electrons. The molecule has 2 atom stereocenters. The van der Waals surface area contributed by atoms with Crippen molar-refractivity contribution in [3.05, 3.63) is 34.9 Å². The van der Waals surface area contributed by atoms with Gasteiger partial charge in [0.15, 0.2) is 0 Å². The molecular weight excluding hydrogens is 234 g/mol. The van der Waals surface area contributed by atoms with Crippen molar-refractivity contribution in [2.45, 2.75) is 38.8 Å². The molecule has 17 heavy (non-hydrogen) atoms. The van der Waals surface area contributed by atoms with Crippen molar-refractivity contribution in [2.24, 2.45) is 5.41 Å². The van der Waals surface area contributed by atoms with Crippen LogP contribution in [0.1, 0.15) is 31.7 Å². The second-order valence-electron chi connectivity index (χ2n) is 5.27. The van der Waals surface area contributed by atoms with Crippen molar-refractivity contribution in [1.29, 1.82) is 0 Å². The molecule has 3 heteroatoms. The highest BCUT2D eigenvalue weighted by Gasteiger charge is 2.37. The molecule has 0 spiro atoms. The zero-order valence-corrected chi connectivity index (χ0v) is 11.0. The van der Waals surface area contributed by atoms with Gasteiger partial charge in [-0.3, -0.25) is 0 Å². The number of rotatable bonds is 4. The summed E-state index contributed by atoms with van der Waals surface area (Å²) in [5.41, 5.74) is 1.24. The maximum atomic E-state index is 9.48. The lowest BCUT2D eigenvalue weighted by Gasteiger charge is -2.30. The molecule has 1 aliphatic rings. The first-order valence-electron chi connectivity index (χ1n) is 6.23. The number of hydrogen-bond acceptors (Lipinski definition) is 2. The van der Waals surface area contributed by atoms with Crippen LogP contribution in [0.2, 0.25) is 5.02 Å². The van der Waals surface area contributed by atoms with Gasteiger partial charge in [0.1, 0.15) is 0 Å². The van der Waals surface area contributed by atoms with E-state index in [4.69, 9.17) is 11.6 Å². The van der Waals surface area contributed by atoms with Crippen LogP contribution in [0, 0.1) is 5.41 Å². The predicted molar refractivity (Wildman–Crippen MR) is 71.1 cm³/mol. The molecule has 2 nitrogen and oxygen atoms in total. The van der Waals surface area contributed by atoms with Crippen molar-refractivity contribution < 1.29 is 5.11 Å². The number of halogens is 1. The first-order chi connectivity index (χ1) is 8.14. The second-order valence-corrected chi connectivity index (χ2v) is 5.70. The molecule has 0 bridgehead atoms. The van der Waals surface area contributed by atoms with Crippen molar-refractivity contribution in [3.63, 3.8) is 0 Å². The van der Waals surface area contributed by atoms with Gasteiger partial charge in [-0.2, -0.15) is 0 Å². The Bertz CT molecular complexity index is 382. The van der Waals surface area contributed by atoms with Crippen molar-refractivity contribution in [2.75, 3.05) is 6.61 Å². The number of nitrogens with one attached hydrogen (secondary N) is 1. The Morgan fingerprint density at radius 3 is 3.06 bits per heavy atom. The van der Waals surface area contributed by atoms with Crippen LogP contribution >= 0.6 is 11.6 Å². The van der Waals surface area contributed by atoms with Crippen molar-refractivity contribution in [3.8, 4) is 0 Å². The van der Waals surface area contributed by atoms with Gasteiger partial charge >= 0.3 is 0 Å². The van der Waals surface area contributed by atoms with Gasteiger partial charge in [-0.1, -0.05) is 37.1 Å². The van der Waals surface area contributed by atoms with E-state index in [-0.39, 0.29) is 12.0 Å². The van der Waals surface area contributed by atoms with Crippen LogP contribution < -0.4 is 5.32 Å². The van der Waals surface area contributed by atoms with E-state index in [1.165, 1.54) is 12.0 Å². The Kier molecular flexibility index (Phi) is 4.08. The van der Waals surface area contributed by atoms with Gasteiger partial charge in [-0.15, -0.1) is 0 Å². The lowest BCUT2D eigenvalue weighted by Crippen LogP contribution is -2.41. The van der Waals surface area contributed by atoms with E-state index < -0.39 is 0 Å². The number of hydrogen-bond donors (Lipinski definition) is 2. The number of aliphatic hydroxyl groups is 1. The van der Waals surface area contributed by atoms with Gasteiger partial charge in [0.05, 0.1) is 0 Å². The predicted octanol–water partition coefficient (Wildman–Crippen LogP) is 2.98. The minimum Gasteiger partial charge on any atom is -0.396 e. The van der Waals surface area contributed by atoms with Gasteiger partial charge < -0.3 is 10.4 Å². The largest absolute Gasteiger partial charge is 0.396 e. The molecule has 1 aliphatic carbocycles. The van der Waals surface area contributed by atoms with E-state index in [1.807, 2.05) is 18.2 Å². The van der Waals surface area contributed by atoms with Gasteiger partial charge in [-0.05, 0) is 30.5 Å². The van der Waals surface area contributed by atoms with Gasteiger partial charge in [0.2, 0.25) is 0 Å². The monoisotopic (exact) mass is 253 g/mol. The summed E-state index contributed by atoms with van der Waals surface area (Å²) < 4.78 is 0. The van der Waals surface area contributed by atoms with Crippen LogP contribution in [0.15, 0.2) is 24.3 Å². The quantitative estimate of drug-likeness (QED) is 0.865. The van der Waals surface area contributed by atoms with E-state index >= 15 is 0 Å². The highest BCUT2D eigenvalue weighted by atomic mass is 35.5. The molecule has 0 aromatic heterocycles. The topological polar surface area (TPSA) is 32.3 Å². The molecule has 0 aliphatic heterocycles.